The first-order valence-electron chi connectivity index (χ1n) is 4.73. The van der Waals surface area contributed by atoms with E-state index in [0.717, 1.165) is 11.3 Å². The van der Waals surface area contributed by atoms with Crippen LogP contribution in [0.25, 0.3) is 0 Å². The highest BCUT2D eigenvalue weighted by Crippen LogP contribution is 2.36. The lowest BCUT2D eigenvalue weighted by molar-refractivity contribution is 0.644. The van der Waals surface area contributed by atoms with Gasteiger partial charge in [0.1, 0.15) is 0 Å². The fraction of sp³-hybridized carbons (Fsp3) is 0.300. The fourth-order valence-corrected chi connectivity index (χ4v) is 3.13. The zero-order chi connectivity index (χ0) is 11.7. The molecule has 0 saturated carbocycles. The van der Waals surface area contributed by atoms with Crippen LogP contribution in [-0.4, -0.2) is 16.8 Å². The summed E-state index contributed by atoms with van der Waals surface area (Å²) in [5, 5.41) is 7.56. The van der Waals surface area contributed by atoms with Crippen molar-refractivity contribution in [2.45, 2.75) is 6.04 Å². The van der Waals surface area contributed by atoms with Gasteiger partial charge in [0.15, 0.2) is 0 Å². The molecule has 16 heavy (non-hydrogen) atoms. The maximum atomic E-state index is 6.13. The maximum Gasteiger partial charge on any atom is 0.0996 e. The molecule has 0 spiro atoms. The second kappa shape index (κ2) is 4.75. The Kier molecular flexibility index (Phi) is 3.54. The van der Waals surface area contributed by atoms with Gasteiger partial charge in [-0.2, -0.15) is 5.10 Å². The zero-order valence-corrected chi connectivity index (χ0v) is 11.2. The van der Waals surface area contributed by atoms with Gasteiger partial charge in [0.2, 0.25) is 0 Å². The number of rotatable bonds is 3. The lowest BCUT2D eigenvalue weighted by atomic mass is 10.1. The number of nitrogens with zero attached hydrogens (tertiary/aromatic N) is 2. The standard InChI is InChI=1S/C10H11Cl2N3S/c1-13-9(7-3-4-15(2)14-7)6-5-8(11)16-10(6)12/h3-5,9,13H,1-2H3. The molecule has 2 aromatic rings. The van der Waals surface area contributed by atoms with Gasteiger partial charge in [0.25, 0.3) is 0 Å². The van der Waals surface area contributed by atoms with Crippen molar-refractivity contribution in [1.82, 2.24) is 15.1 Å². The van der Waals surface area contributed by atoms with E-state index in [1.807, 2.05) is 32.4 Å². The molecule has 0 fully saturated rings. The Morgan fingerprint density at radius 1 is 1.50 bits per heavy atom. The molecule has 1 atom stereocenters. The molecule has 3 nitrogen and oxygen atoms in total. The topological polar surface area (TPSA) is 29.9 Å². The van der Waals surface area contributed by atoms with Crippen LogP contribution in [0.3, 0.4) is 0 Å². The van der Waals surface area contributed by atoms with Gasteiger partial charge < -0.3 is 5.32 Å². The summed E-state index contributed by atoms with van der Waals surface area (Å²) in [6, 6.07) is 3.82. The van der Waals surface area contributed by atoms with E-state index in [-0.39, 0.29) is 6.04 Å². The van der Waals surface area contributed by atoms with E-state index in [2.05, 4.69) is 10.4 Å². The third-order valence-electron chi connectivity index (χ3n) is 2.31. The molecule has 1 unspecified atom stereocenters. The van der Waals surface area contributed by atoms with Crippen molar-refractivity contribution in [3.05, 3.63) is 38.3 Å². The fourth-order valence-electron chi connectivity index (χ4n) is 1.60. The van der Waals surface area contributed by atoms with Gasteiger partial charge in [-0.1, -0.05) is 23.2 Å². The first-order chi connectivity index (χ1) is 7.61. The van der Waals surface area contributed by atoms with Gasteiger partial charge >= 0.3 is 0 Å². The quantitative estimate of drug-likeness (QED) is 0.933. The maximum absolute atomic E-state index is 6.13. The largest absolute Gasteiger partial charge is 0.308 e. The Morgan fingerprint density at radius 3 is 2.69 bits per heavy atom. The molecule has 0 aliphatic rings. The van der Waals surface area contributed by atoms with E-state index in [1.165, 1.54) is 11.3 Å². The average molecular weight is 276 g/mol. The van der Waals surface area contributed by atoms with E-state index in [9.17, 15) is 0 Å². The summed E-state index contributed by atoms with van der Waals surface area (Å²) in [5.41, 5.74) is 1.90. The summed E-state index contributed by atoms with van der Waals surface area (Å²) >= 11 is 13.4. The number of hydrogen-bond donors (Lipinski definition) is 1. The van der Waals surface area contributed by atoms with Crippen LogP contribution in [-0.2, 0) is 7.05 Å². The molecule has 0 amide bonds. The zero-order valence-electron chi connectivity index (χ0n) is 8.87. The van der Waals surface area contributed by atoms with E-state index in [4.69, 9.17) is 23.2 Å². The SMILES string of the molecule is CNC(c1ccn(C)n1)c1cc(Cl)sc1Cl. The van der Waals surface area contributed by atoms with Crippen molar-refractivity contribution < 1.29 is 0 Å². The average Bonchev–Trinajstić information content (AvgIpc) is 2.76. The summed E-state index contributed by atoms with van der Waals surface area (Å²) in [6.45, 7) is 0. The Morgan fingerprint density at radius 2 is 2.25 bits per heavy atom. The van der Waals surface area contributed by atoms with Crippen LogP contribution in [0.1, 0.15) is 17.3 Å². The number of thiophene rings is 1. The highest BCUT2D eigenvalue weighted by atomic mass is 35.5. The summed E-state index contributed by atoms with van der Waals surface area (Å²) in [6.07, 6.45) is 1.90. The molecule has 0 aliphatic heterocycles. The number of halogens is 2. The van der Waals surface area contributed by atoms with Gasteiger partial charge in [-0.05, 0) is 19.2 Å². The predicted molar refractivity (Wildman–Crippen MR) is 68.4 cm³/mol. The van der Waals surface area contributed by atoms with E-state index in [1.54, 1.807) is 4.68 Å². The number of nitrogens with one attached hydrogen (secondary N) is 1. The normalized spacial score (nSPS) is 13.0. The van der Waals surface area contributed by atoms with Crippen LogP contribution in [0.5, 0.6) is 0 Å². The first kappa shape index (κ1) is 11.9. The first-order valence-corrected chi connectivity index (χ1v) is 6.30. The molecule has 0 aliphatic carbocycles. The molecule has 6 heteroatoms. The Labute approximate surface area is 108 Å². The molecular weight excluding hydrogens is 265 g/mol. The summed E-state index contributed by atoms with van der Waals surface area (Å²) < 4.78 is 3.16. The number of hydrogen-bond acceptors (Lipinski definition) is 3. The van der Waals surface area contributed by atoms with Crippen LogP contribution < -0.4 is 5.32 Å². The number of aryl methyl sites for hydroxylation is 1. The second-order valence-corrected chi connectivity index (χ2v) is 5.70. The molecule has 0 radical (unpaired) electrons. The lowest BCUT2D eigenvalue weighted by Gasteiger charge is -2.12. The minimum Gasteiger partial charge on any atom is -0.308 e. The third-order valence-corrected chi connectivity index (χ3v) is 3.83. The van der Waals surface area contributed by atoms with Crippen molar-refractivity contribution in [3.8, 4) is 0 Å². The second-order valence-electron chi connectivity index (χ2n) is 3.42. The molecule has 2 rings (SSSR count). The van der Waals surface area contributed by atoms with Crippen LogP contribution in [0.4, 0.5) is 0 Å². The molecule has 0 aromatic carbocycles. The van der Waals surface area contributed by atoms with E-state index in [0.29, 0.717) is 8.67 Å². The van der Waals surface area contributed by atoms with Crippen LogP contribution in [0, 0.1) is 0 Å². The summed E-state index contributed by atoms with van der Waals surface area (Å²) in [5.74, 6) is 0. The Balaban J connectivity index is 2.40. The van der Waals surface area contributed by atoms with Crippen molar-refractivity contribution in [1.29, 1.82) is 0 Å². The number of aromatic nitrogens is 2. The smallest absolute Gasteiger partial charge is 0.0996 e. The van der Waals surface area contributed by atoms with E-state index < -0.39 is 0 Å². The van der Waals surface area contributed by atoms with Gasteiger partial charge in [0.05, 0.1) is 20.4 Å². The predicted octanol–water partition coefficient (Wildman–Crippen LogP) is 3.10. The molecule has 1 N–H and O–H groups in total. The molecular formula is C10H11Cl2N3S. The van der Waals surface area contributed by atoms with Gasteiger partial charge in [-0.15, -0.1) is 11.3 Å². The van der Waals surface area contributed by atoms with Gasteiger partial charge in [-0.25, -0.2) is 0 Å². The molecule has 0 saturated heterocycles. The summed E-state index contributed by atoms with van der Waals surface area (Å²) in [4.78, 5) is 0. The lowest BCUT2D eigenvalue weighted by Crippen LogP contribution is -2.18. The Bertz CT molecular complexity index is 492. The van der Waals surface area contributed by atoms with Crippen LogP contribution in [0.15, 0.2) is 18.3 Å². The van der Waals surface area contributed by atoms with Gasteiger partial charge in [0, 0.05) is 18.8 Å². The van der Waals surface area contributed by atoms with Crippen molar-refractivity contribution >= 4 is 34.5 Å². The summed E-state index contributed by atoms with van der Waals surface area (Å²) in [7, 11) is 3.76. The monoisotopic (exact) mass is 275 g/mol. The van der Waals surface area contributed by atoms with Crippen molar-refractivity contribution in [2.24, 2.45) is 7.05 Å². The highest BCUT2D eigenvalue weighted by molar-refractivity contribution is 7.20. The minimum absolute atomic E-state index is 0.0163. The Hall–Kier alpha value is -0.550. The highest BCUT2D eigenvalue weighted by Gasteiger charge is 2.19. The van der Waals surface area contributed by atoms with E-state index >= 15 is 0 Å². The van der Waals surface area contributed by atoms with Crippen molar-refractivity contribution in [3.63, 3.8) is 0 Å². The molecule has 2 aromatic heterocycles. The van der Waals surface area contributed by atoms with Crippen LogP contribution >= 0.6 is 34.5 Å². The molecule has 86 valence electrons. The third kappa shape index (κ3) is 2.25. The van der Waals surface area contributed by atoms with Crippen LogP contribution in [0.2, 0.25) is 8.67 Å². The molecule has 0 bridgehead atoms. The van der Waals surface area contributed by atoms with Crippen molar-refractivity contribution in [2.75, 3.05) is 7.05 Å². The molecule has 2 heterocycles. The minimum atomic E-state index is -0.0163. The van der Waals surface area contributed by atoms with Gasteiger partial charge in [-0.3, -0.25) is 4.68 Å².